The highest BCUT2D eigenvalue weighted by Crippen LogP contribution is 2.08. The molecule has 2 nitrogen and oxygen atoms in total. The largest absolute Gasteiger partial charge is 0.303 e. The van der Waals surface area contributed by atoms with Gasteiger partial charge in [0.1, 0.15) is 0 Å². The van der Waals surface area contributed by atoms with E-state index in [2.05, 4.69) is 30.7 Å². The highest BCUT2D eigenvalue weighted by atomic mass is 15.2. The fraction of sp³-hybridized carbons (Fsp3) is 1.00. The number of piperidine rings is 1. The molecule has 0 radical (unpaired) electrons. The van der Waals surface area contributed by atoms with Gasteiger partial charge in [-0.25, -0.2) is 0 Å². The Morgan fingerprint density at radius 1 is 1.07 bits per heavy atom. The fourth-order valence-corrected chi connectivity index (χ4v) is 1.74. The molecular weight excluding hydrogens is 184 g/mol. The predicted molar refractivity (Wildman–Crippen MR) is 69.4 cm³/mol. The molecule has 0 amide bonds. The second-order valence-corrected chi connectivity index (χ2v) is 4.48. The van der Waals surface area contributed by atoms with Gasteiger partial charge in [0.15, 0.2) is 0 Å². The van der Waals surface area contributed by atoms with Gasteiger partial charge in [-0.2, -0.15) is 0 Å². The van der Waals surface area contributed by atoms with Crippen LogP contribution in [0, 0.1) is 0 Å². The van der Waals surface area contributed by atoms with E-state index < -0.39 is 0 Å². The molecule has 1 rings (SSSR count). The quantitative estimate of drug-likeness (QED) is 0.710. The zero-order valence-corrected chi connectivity index (χ0v) is 11.4. The molecule has 0 bridgehead atoms. The Hall–Kier alpha value is -0.0800. The lowest BCUT2D eigenvalue weighted by Gasteiger charge is -2.29. The third-order valence-electron chi connectivity index (χ3n) is 3.10. The van der Waals surface area contributed by atoms with Crippen LogP contribution in [0.5, 0.6) is 0 Å². The molecule has 0 unspecified atom stereocenters. The van der Waals surface area contributed by atoms with E-state index in [4.69, 9.17) is 0 Å². The topological polar surface area (TPSA) is 6.48 Å². The van der Waals surface area contributed by atoms with Gasteiger partial charge in [0.05, 0.1) is 0 Å². The minimum absolute atomic E-state index is 0.685. The molecule has 0 spiro atoms. The van der Waals surface area contributed by atoms with Crippen molar-refractivity contribution in [3.8, 4) is 0 Å². The van der Waals surface area contributed by atoms with Gasteiger partial charge in [-0.3, -0.25) is 0 Å². The van der Waals surface area contributed by atoms with Crippen molar-refractivity contribution in [2.45, 2.75) is 53.0 Å². The van der Waals surface area contributed by atoms with Gasteiger partial charge in [0.2, 0.25) is 0 Å². The van der Waals surface area contributed by atoms with Crippen LogP contribution in [0.3, 0.4) is 0 Å². The lowest BCUT2D eigenvalue weighted by Crippen LogP contribution is -2.38. The summed E-state index contributed by atoms with van der Waals surface area (Å²) in [5, 5.41) is 0. The molecule has 0 aromatic carbocycles. The summed E-state index contributed by atoms with van der Waals surface area (Å²) < 4.78 is 0. The Morgan fingerprint density at radius 3 is 2.07 bits per heavy atom. The summed E-state index contributed by atoms with van der Waals surface area (Å²) in [4.78, 5) is 5.02. The average molecular weight is 214 g/mol. The Kier molecular flexibility index (Phi) is 9.12. The van der Waals surface area contributed by atoms with Crippen molar-refractivity contribution < 1.29 is 0 Å². The van der Waals surface area contributed by atoms with E-state index in [0.717, 1.165) is 0 Å². The molecule has 0 atom stereocenters. The van der Waals surface area contributed by atoms with Crippen molar-refractivity contribution >= 4 is 0 Å². The maximum Gasteiger partial charge on any atom is 0.0109 e. The van der Waals surface area contributed by atoms with E-state index in [0.29, 0.717) is 6.04 Å². The maximum absolute atomic E-state index is 2.60. The number of hydrogen-bond acceptors (Lipinski definition) is 2. The monoisotopic (exact) mass is 214 g/mol. The van der Waals surface area contributed by atoms with Crippen LogP contribution in [0.25, 0.3) is 0 Å². The van der Waals surface area contributed by atoms with Crippen LogP contribution in [0.4, 0.5) is 0 Å². The van der Waals surface area contributed by atoms with Gasteiger partial charge in [-0.05, 0) is 46.8 Å². The number of likely N-dealkylation sites (tertiary alicyclic amines) is 1. The van der Waals surface area contributed by atoms with Gasteiger partial charge in [-0.15, -0.1) is 0 Å². The van der Waals surface area contributed by atoms with Gasteiger partial charge in [0.25, 0.3) is 0 Å². The van der Waals surface area contributed by atoms with E-state index in [1.54, 1.807) is 0 Å². The maximum atomic E-state index is 2.60. The average Bonchev–Trinajstić information content (AvgIpc) is 2.30. The Balaban J connectivity index is 0.000000921. The fourth-order valence-electron chi connectivity index (χ4n) is 1.74. The van der Waals surface area contributed by atoms with Crippen molar-refractivity contribution in [1.29, 1.82) is 0 Å². The number of nitrogens with zero attached hydrogens (tertiary/aromatic N) is 2. The second kappa shape index (κ2) is 9.17. The summed E-state index contributed by atoms with van der Waals surface area (Å²) in [5.41, 5.74) is 0. The summed E-state index contributed by atoms with van der Waals surface area (Å²) in [6.07, 6.45) is 4.26. The van der Waals surface area contributed by atoms with E-state index in [9.17, 15) is 0 Å². The summed E-state index contributed by atoms with van der Waals surface area (Å²) in [7, 11) is 2.22. The van der Waals surface area contributed by atoms with E-state index >= 15 is 0 Å². The van der Waals surface area contributed by atoms with Crippen molar-refractivity contribution in [1.82, 2.24) is 9.80 Å². The van der Waals surface area contributed by atoms with Crippen molar-refractivity contribution in [3.63, 3.8) is 0 Å². The molecule has 1 aliphatic rings. The molecule has 0 aromatic heterocycles. The summed E-state index contributed by atoms with van der Waals surface area (Å²) in [5.74, 6) is 0. The molecule has 2 heteroatoms. The molecule has 1 heterocycles. The lowest BCUT2D eigenvalue weighted by molar-refractivity contribution is 0.181. The first kappa shape index (κ1) is 14.9. The van der Waals surface area contributed by atoms with E-state index in [1.807, 2.05) is 13.8 Å². The van der Waals surface area contributed by atoms with Crippen LogP contribution in [0.2, 0.25) is 0 Å². The Bertz CT molecular complexity index is 128. The third-order valence-corrected chi connectivity index (χ3v) is 3.10. The predicted octanol–water partition coefficient (Wildman–Crippen LogP) is 2.84. The number of hydrogen-bond donors (Lipinski definition) is 0. The molecule has 1 saturated heterocycles. The highest BCUT2D eigenvalue weighted by Gasteiger charge is 2.11. The van der Waals surface area contributed by atoms with E-state index in [1.165, 1.54) is 45.4 Å². The van der Waals surface area contributed by atoms with Gasteiger partial charge in [0, 0.05) is 19.1 Å². The zero-order valence-electron chi connectivity index (χ0n) is 11.4. The van der Waals surface area contributed by atoms with Gasteiger partial charge in [-0.1, -0.05) is 20.3 Å². The summed E-state index contributed by atoms with van der Waals surface area (Å²) in [6, 6.07) is 0.685. The van der Waals surface area contributed by atoms with Crippen LogP contribution < -0.4 is 0 Å². The molecule has 1 aliphatic heterocycles. The van der Waals surface area contributed by atoms with Crippen LogP contribution in [-0.4, -0.2) is 49.1 Å². The minimum atomic E-state index is 0.685. The standard InChI is InChI=1S/C11H24N2.C2H6/c1-11(2)12(3)9-10-13-7-5-4-6-8-13;1-2/h11H,4-10H2,1-3H3;1-2H3. The summed E-state index contributed by atoms with van der Waals surface area (Å²) >= 11 is 0. The molecule has 1 fully saturated rings. The molecular formula is C13H30N2. The highest BCUT2D eigenvalue weighted by molar-refractivity contribution is 4.67. The Morgan fingerprint density at radius 2 is 1.60 bits per heavy atom. The molecule has 0 N–H and O–H groups in total. The van der Waals surface area contributed by atoms with Crippen LogP contribution in [0.15, 0.2) is 0 Å². The summed E-state index contributed by atoms with van der Waals surface area (Å²) in [6.45, 7) is 13.6. The van der Waals surface area contributed by atoms with Crippen LogP contribution >= 0.6 is 0 Å². The van der Waals surface area contributed by atoms with Crippen molar-refractivity contribution in [3.05, 3.63) is 0 Å². The van der Waals surface area contributed by atoms with Crippen LogP contribution in [-0.2, 0) is 0 Å². The first-order valence-electron chi connectivity index (χ1n) is 6.63. The lowest BCUT2D eigenvalue weighted by atomic mass is 10.1. The normalized spacial score (nSPS) is 17.8. The smallest absolute Gasteiger partial charge is 0.0109 e. The second-order valence-electron chi connectivity index (χ2n) is 4.48. The first-order valence-corrected chi connectivity index (χ1v) is 6.63. The first-order chi connectivity index (χ1) is 7.20. The molecule has 0 saturated carbocycles. The van der Waals surface area contributed by atoms with Crippen LogP contribution in [0.1, 0.15) is 47.0 Å². The molecule has 0 aromatic rings. The third kappa shape index (κ3) is 6.91. The minimum Gasteiger partial charge on any atom is -0.303 e. The SMILES string of the molecule is CC.CC(C)N(C)CCN1CCCCC1. The van der Waals surface area contributed by atoms with Gasteiger partial charge >= 0.3 is 0 Å². The van der Waals surface area contributed by atoms with Crippen molar-refractivity contribution in [2.75, 3.05) is 33.2 Å². The zero-order chi connectivity index (χ0) is 11.7. The number of rotatable bonds is 4. The van der Waals surface area contributed by atoms with Crippen molar-refractivity contribution in [2.24, 2.45) is 0 Å². The molecule has 0 aliphatic carbocycles. The Labute approximate surface area is 96.6 Å². The van der Waals surface area contributed by atoms with E-state index in [-0.39, 0.29) is 0 Å². The number of likely N-dealkylation sites (N-methyl/N-ethyl adjacent to an activating group) is 1. The molecule has 92 valence electrons. The van der Waals surface area contributed by atoms with Gasteiger partial charge < -0.3 is 9.80 Å². The molecule has 15 heavy (non-hydrogen) atoms.